The first-order chi connectivity index (χ1) is 11.1. The number of carbonyl (C=O) groups excluding carboxylic acids is 2. The van der Waals surface area contributed by atoms with Gasteiger partial charge < -0.3 is 11.1 Å². The lowest BCUT2D eigenvalue weighted by molar-refractivity contribution is -0.128. The molecular weight excluding hydrogens is 290 g/mol. The second-order valence-electron chi connectivity index (χ2n) is 6.38. The van der Waals surface area contributed by atoms with E-state index < -0.39 is 0 Å². The molecule has 5 heteroatoms. The van der Waals surface area contributed by atoms with Crippen LogP contribution in [0.2, 0.25) is 0 Å². The van der Waals surface area contributed by atoms with Crippen molar-refractivity contribution in [1.29, 1.82) is 0 Å². The smallest absolute Gasteiger partial charge is 0.234 e. The highest BCUT2D eigenvalue weighted by Gasteiger charge is 2.28. The van der Waals surface area contributed by atoms with E-state index in [9.17, 15) is 9.59 Å². The summed E-state index contributed by atoms with van der Waals surface area (Å²) in [4.78, 5) is 25.6. The van der Waals surface area contributed by atoms with E-state index in [-0.39, 0.29) is 30.4 Å². The van der Waals surface area contributed by atoms with E-state index in [4.69, 9.17) is 5.73 Å². The van der Waals surface area contributed by atoms with Gasteiger partial charge in [-0.15, -0.1) is 0 Å². The molecule has 3 N–H and O–H groups in total. The second-order valence-corrected chi connectivity index (χ2v) is 6.38. The van der Waals surface area contributed by atoms with E-state index >= 15 is 0 Å². The molecule has 1 aliphatic heterocycles. The molecule has 126 valence electrons. The summed E-state index contributed by atoms with van der Waals surface area (Å²) < 4.78 is 0. The number of benzene rings is 1. The predicted molar refractivity (Wildman–Crippen MR) is 90.8 cm³/mol. The van der Waals surface area contributed by atoms with Crippen LogP contribution in [0.15, 0.2) is 30.3 Å². The third-order valence-electron chi connectivity index (χ3n) is 4.41. The van der Waals surface area contributed by atoms with Gasteiger partial charge >= 0.3 is 0 Å². The predicted octanol–water partition coefficient (Wildman–Crippen LogP) is 1.46. The summed E-state index contributed by atoms with van der Waals surface area (Å²) in [5.41, 5.74) is 6.71. The number of hydrogen-bond donors (Lipinski definition) is 2. The fraction of sp³-hybridized carbons (Fsp3) is 0.556. The topological polar surface area (TPSA) is 75.4 Å². The van der Waals surface area contributed by atoms with Crippen molar-refractivity contribution < 1.29 is 9.59 Å². The van der Waals surface area contributed by atoms with E-state index in [1.54, 1.807) is 0 Å². The Balaban J connectivity index is 1.75. The minimum Gasteiger partial charge on any atom is -0.368 e. The minimum atomic E-state index is -0.324. The van der Waals surface area contributed by atoms with E-state index in [0.29, 0.717) is 0 Å². The van der Waals surface area contributed by atoms with Crippen LogP contribution < -0.4 is 11.1 Å². The van der Waals surface area contributed by atoms with Crippen molar-refractivity contribution in [2.45, 2.75) is 51.1 Å². The van der Waals surface area contributed by atoms with Crippen LogP contribution in [0.25, 0.3) is 0 Å². The van der Waals surface area contributed by atoms with Crippen LogP contribution >= 0.6 is 0 Å². The molecule has 0 spiro atoms. The summed E-state index contributed by atoms with van der Waals surface area (Å²) in [6.07, 6.45) is 4.61. The quantitative estimate of drug-likeness (QED) is 0.799. The maximum atomic E-state index is 12.2. The first kappa shape index (κ1) is 17.5. The molecule has 1 fully saturated rings. The molecule has 0 radical (unpaired) electrons. The molecule has 0 bridgehead atoms. The fourth-order valence-electron chi connectivity index (χ4n) is 3.11. The number of piperidine rings is 1. The van der Waals surface area contributed by atoms with Gasteiger partial charge in [-0.25, -0.2) is 0 Å². The van der Waals surface area contributed by atoms with Crippen molar-refractivity contribution in [3.8, 4) is 0 Å². The molecule has 1 aliphatic rings. The standard InChI is InChI=1S/C18H27N3O2/c1-14(10-11-15-7-3-2-4-8-15)20-17(22)13-21-12-6-5-9-16(21)18(19)23/h2-4,7-8,14,16H,5-6,9-13H2,1H3,(H2,19,23)(H,20,22)/t14-,16+/m0/s1. The molecule has 1 saturated heterocycles. The number of hydrogen-bond acceptors (Lipinski definition) is 3. The van der Waals surface area contributed by atoms with Crippen LogP contribution in [0.4, 0.5) is 0 Å². The summed E-state index contributed by atoms with van der Waals surface area (Å²) in [6.45, 7) is 3.03. The largest absolute Gasteiger partial charge is 0.368 e. The number of rotatable bonds is 7. The van der Waals surface area contributed by atoms with Crippen molar-refractivity contribution in [2.75, 3.05) is 13.1 Å². The molecule has 0 unspecified atom stereocenters. The molecule has 1 aromatic rings. The molecule has 0 aliphatic carbocycles. The van der Waals surface area contributed by atoms with Gasteiger partial charge in [0.25, 0.3) is 0 Å². The average molecular weight is 317 g/mol. The summed E-state index contributed by atoms with van der Waals surface area (Å²) in [7, 11) is 0. The third-order valence-corrected chi connectivity index (χ3v) is 4.41. The van der Waals surface area contributed by atoms with Gasteiger partial charge in [0.2, 0.25) is 11.8 Å². The number of nitrogens with one attached hydrogen (secondary N) is 1. The summed E-state index contributed by atoms with van der Waals surface area (Å²) in [5, 5.41) is 3.02. The molecule has 1 aromatic carbocycles. The number of nitrogens with two attached hydrogens (primary N) is 1. The van der Waals surface area contributed by atoms with Crippen LogP contribution in [-0.4, -0.2) is 41.9 Å². The molecule has 2 amide bonds. The molecule has 0 aromatic heterocycles. The Hall–Kier alpha value is -1.88. The lowest BCUT2D eigenvalue weighted by atomic mass is 10.0. The molecule has 0 saturated carbocycles. The molecule has 5 nitrogen and oxygen atoms in total. The van der Waals surface area contributed by atoms with Crippen LogP contribution in [0, 0.1) is 0 Å². The van der Waals surface area contributed by atoms with E-state index in [1.807, 2.05) is 30.0 Å². The van der Waals surface area contributed by atoms with Crippen molar-refractivity contribution in [3.63, 3.8) is 0 Å². The lowest BCUT2D eigenvalue weighted by Gasteiger charge is -2.33. The Kier molecular flexibility index (Phi) is 6.59. The number of amides is 2. The monoisotopic (exact) mass is 317 g/mol. The highest BCUT2D eigenvalue weighted by molar-refractivity contribution is 5.82. The van der Waals surface area contributed by atoms with Crippen LogP contribution in [0.1, 0.15) is 38.2 Å². The van der Waals surface area contributed by atoms with Crippen molar-refractivity contribution in [3.05, 3.63) is 35.9 Å². The van der Waals surface area contributed by atoms with E-state index in [1.165, 1.54) is 5.56 Å². The molecule has 1 heterocycles. The maximum absolute atomic E-state index is 12.2. The average Bonchev–Trinajstić information content (AvgIpc) is 2.54. The molecule has 23 heavy (non-hydrogen) atoms. The maximum Gasteiger partial charge on any atom is 0.234 e. The van der Waals surface area contributed by atoms with Crippen LogP contribution in [0.3, 0.4) is 0 Å². The van der Waals surface area contributed by atoms with Crippen molar-refractivity contribution >= 4 is 11.8 Å². The van der Waals surface area contributed by atoms with Gasteiger partial charge in [-0.05, 0) is 44.7 Å². The normalized spacial score (nSPS) is 20.0. The minimum absolute atomic E-state index is 0.0290. The lowest BCUT2D eigenvalue weighted by Crippen LogP contribution is -2.51. The van der Waals surface area contributed by atoms with Gasteiger partial charge in [-0.3, -0.25) is 14.5 Å². The zero-order chi connectivity index (χ0) is 16.7. The van der Waals surface area contributed by atoms with Crippen molar-refractivity contribution in [1.82, 2.24) is 10.2 Å². The summed E-state index contributed by atoms with van der Waals surface area (Å²) in [6, 6.07) is 10.1. The Morgan fingerprint density at radius 2 is 2.04 bits per heavy atom. The van der Waals surface area contributed by atoms with Gasteiger partial charge in [0.1, 0.15) is 0 Å². The highest BCUT2D eigenvalue weighted by atomic mass is 16.2. The molecule has 2 rings (SSSR count). The Morgan fingerprint density at radius 1 is 1.30 bits per heavy atom. The van der Waals surface area contributed by atoms with Crippen LogP contribution in [0.5, 0.6) is 0 Å². The number of carbonyl (C=O) groups is 2. The zero-order valence-electron chi connectivity index (χ0n) is 13.8. The second kappa shape index (κ2) is 8.67. The van der Waals surface area contributed by atoms with Crippen molar-refractivity contribution in [2.24, 2.45) is 5.73 Å². The van der Waals surface area contributed by atoms with E-state index in [2.05, 4.69) is 17.4 Å². The Bertz CT molecular complexity index is 518. The van der Waals surface area contributed by atoms with Gasteiger partial charge in [0.05, 0.1) is 12.6 Å². The van der Waals surface area contributed by atoms with E-state index in [0.717, 1.165) is 38.6 Å². The van der Waals surface area contributed by atoms with Crippen LogP contribution in [-0.2, 0) is 16.0 Å². The first-order valence-electron chi connectivity index (χ1n) is 8.43. The SMILES string of the molecule is C[C@@H](CCc1ccccc1)NC(=O)CN1CCCC[C@@H]1C(N)=O. The zero-order valence-corrected chi connectivity index (χ0v) is 13.8. The fourth-order valence-corrected chi connectivity index (χ4v) is 3.11. The number of likely N-dealkylation sites (tertiary alicyclic amines) is 1. The summed E-state index contributed by atoms with van der Waals surface area (Å²) in [5.74, 6) is -0.353. The Labute approximate surface area is 138 Å². The highest BCUT2D eigenvalue weighted by Crippen LogP contribution is 2.16. The molecular formula is C18H27N3O2. The first-order valence-corrected chi connectivity index (χ1v) is 8.43. The third kappa shape index (κ3) is 5.67. The van der Waals surface area contributed by atoms with Gasteiger partial charge in [0.15, 0.2) is 0 Å². The number of nitrogens with zero attached hydrogens (tertiary/aromatic N) is 1. The van der Waals surface area contributed by atoms with Gasteiger partial charge in [-0.2, -0.15) is 0 Å². The number of aryl methyl sites for hydroxylation is 1. The Morgan fingerprint density at radius 3 is 2.74 bits per heavy atom. The summed E-state index contributed by atoms with van der Waals surface area (Å²) >= 11 is 0. The van der Waals surface area contributed by atoms with Gasteiger partial charge in [0, 0.05) is 6.04 Å². The number of primary amides is 1. The molecule has 2 atom stereocenters. The van der Waals surface area contributed by atoms with Gasteiger partial charge in [-0.1, -0.05) is 36.8 Å².